The van der Waals surface area contributed by atoms with Crippen LogP contribution in [0.4, 0.5) is 5.82 Å². The number of carbonyl (C=O) groups excluding carboxylic acids is 2. The van der Waals surface area contributed by atoms with Gasteiger partial charge in [-0.05, 0) is 29.8 Å². The molecule has 1 atom stereocenters. The van der Waals surface area contributed by atoms with E-state index in [-0.39, 0.29) is 5.78 Å². The molecule has 182 valence electrons. The standard InChI is InChI=1S/C29H21N3O5/c1-31-26-23(27(34)32(2)29(31)36)21(22-24(30-26)19-10-6-7-11-20(19)25(22)33)16-12-14-18(15-13-16)37-28(35)17-8-4-3-5-9-17/h3-15,21,30H,1-2H3/t21-/m0/s1. The second-order valence-corrected chi connectivity index (χ2v) is 9.01. The SMILES string of the molecule is Cn1c2c(c(=O)n(C)c1=O)[C@@H](c1ccc(OC(=O)c3ccccc3)cc1)C1=C(N2)c2ccccc2C1=O. The molecule has 0 bridgehead atoms. The number of ketones is 1. The van der Waals surface area contributed by atoms with Crippen molar-refractivity contribution < 1.29 is 14.3 Å². The van der Waals surface area contributed by atoms with Crippen LogP contribution >= 0.6 is 0 Å². The van der Waals surface area contributed by atoms with Gasteiger partial charge in [0.25, 0.3) is 5.56 Å². The van der Waals surface area contributed by atoms with Crippen molar-refractivity contribution in [3.05, 3.63) is 133 Å². The Balaban J connectivity index is 1.48. The van der Waals surface area contributed by atoms with Gasteiger partial charge in [0, 0.05) is 36.7 Å². The summed E-state index contributed by atoms with van der Waals surface area (Å²) in [6.07, 6.45) is 0. The average molecular weight is 492 g/mol. The summed E-state index contributed by atoms with van der Waals surface area (Å²) in [6.45, 7) is 0. The van der Waals surface area contributed by atoms with E-state index in [2.05, 4.69) is 5.32 Å². The normalized spacial score (nSPS) is 15.5. The topological polar surface area (TPSA) is 99.4 Å². The Morgan fingerprint density at radius 1 is 0.811 bits per heavy atom. The summed E-state index contributed by atoms with van der Waals surface area (Å²) in [5.41, 5.74) is 2.72. The van der Waals surface area contributed by atoms with E-state index in [9.17, 15) is 19.2 Å². The van der Waals surface area contributed by atoms with Crippen LogP contribution in [0.25, 0.3) is 5.70 Å². The highest BCUT2D eigenvalue weighted by Gasteiger charge is 2.42. The van der Waals surface area contributed by atoms with Crippen LogP contribution in [0, 0.1) is 0 Å². The molecule has 0 fully saturated rings. The first kappa shape index (κ1) is 22.5. The molecule has 8 nitrogen and oxygen atoms in total. The van der Waals surface area contributed by atoms with Crippen LogP contribution in [0.1, 0.15) is 43.3 Å². The van der Waals surface area contributed by atoms with E-state index in [1.165, 1.54) is 11.6 Å². The minimum atomic E-state index is -0.726. The smallest absolute Gasteiger partial charge is 0.343 e. The molecule has 8 heteroatoms. The average Bonchev–Trinajstić information content (AvgIpc) is 3.22. The van der Waals surface area contributed by atoms with Gasteiger partial charge in [-0.1, -0.05) is 54.6 Å². The van der Waals surface area contributed by atoms with E-state index >= 15 is 0 Å². The number of nitrogens with one attached hydrogen (secondary N) is 1. The number of anilines is 1. The molecule has 37 heavy (non-hydrogen) atoms. The fourth-order valence-electron chi connectivity index (χ4n) is 5.06. The second-order valence-electron chi connectivity index (χ2n) is 9.01. The Kier molecular flexibility index (Phi) is 5.05. The summed E-state index contributed by atoms with van der Waals surface area (Å²) in [5.74, 6) is -0.716. The monoisotopic (exact) mass is 491 g/mol. The van der Waals surface area contributed by atoms with E-state index in [0.29, 0.717) is 45.1 Å². The molecule has 6 rings (SSSR count). The van der Waals surface area contributed by atoms with Gasteiger partial charge in [-0.15, -0.1) is 0 Å². The van der Waals surface area contributed by atoms with Crippen LogP contribution in [-0.2, 0) is 14.1 Å². The minimum Gasteiger partial charge on any atom is -0.423 e. The van der Waals surface area contributed by atoms with E-state index in [1.807, 2.05) is 18.2 Å². The van der Waals surface area contributed by atoms with Crippen LogP contribution in [0.2, 0.25) is 0 Å². The maximum Gasteiger partial charge on any atom is 0.343 e. The number of carbonyl (C=O) groups is 2. The Morgan fingerprint density at radius 2 is 1.46 bits per heavy atom. The van der Waals surface area contributed by atoms with Crippen molar-refractivity contribution in [1.29, 1.82) is 0 Å². The summed E-state index contributed by atoms with van der Waals surface area (Å²) in [5, 5.41) is 3.22. The molecular weight excluding hydrogens is 470 g/mol. The molecule has 1 N–H and O–H groups in total. The number of nitrogens with zero attached hydrogens (tertiary/aromatic N) is 2. The molecule has 0 unspecified atom stereocenters. The molecular formula is C29H21N3O5. The zero-order chi connectivity index (χ0) is 25.8. The fraction of sp³-hybridized carbons (Fsp3) is 0.103. The highest BCUT2D eigenvalue weighted by atomic mass is 16.5. The van der Waals surface area contributed by atoms with Crippen molar-refractivity contribution >= 4 is 23.3 Å². The first-order valence-electron chi connectivity index (χ1n) is 11.7. The number of hydrogen-bond acceptors (Lipinski definition) is 6. The lowest BCUT2D eigenvalue weighted by atomic mass is 9.81. The summed E-state index contributed by atoms with van der Waals surface area (Å²) in [7, 11) is 3.01. The Bertz CT molecular complexity index is 1760. The first-order chi connectivity index (χ1) is 17.9. The van der Waals surface area contributed by atoms with Gasteiger partial charge in [0.2, 0.25) is 0 Å². The number of aromatic nitrogens is 2. The maximum atomic E-state index is 13.6. The Hall–Kier alpha value is -4.98. The van der Waals surface area contributed by atoms with Crippen molar-refractivity contribution in [2.24, 2.45) is 14.1 Å². The number of rotatable bonds is 3. The third-order valence-electron chi connectivity index (χ3n) is 6.91. The zero-order valence-corrected chi connectivity index (χ0v) is 20.0. The van der Waals surface area contributed by atoms with Crippen molar-refractivity contribution in [3.63, 3.8) is 0 Å². The molecule has 0 radical (unpaired) electrons. The van der Waals surface area contributed by atoms with Crippen molar-refractivity contribution in [3.8, 4) is 5.75 Å². The number of Topliss-reactive ketones (excluding diaryl/α,β-unsaturated/α-hetero) is 1. The van der Waals surface area contributed by atoms with Gasteiger partial charge in [-0.3, -0.25) is 18.7 Å². The highest BCUT2D eigenvalue weighted by molar-refractivity contribution is 6.23. The maximum absolute atomic E-state index is 13.6. The molecule has 1 aliphatic heterocycles. The number of benzene rings is 3. The number of ether oxygens (including phenoxy) is 1. The van der Waals surface area contributed by atoms with Gasteiger partial charge < -0.3 is 10.1 Å². The van der Waals surface area contributed by atoms with Gasteiger partial charge in [0.05, 0.1) is 16.8 Å². The van der Waals surface area contributed by atoms with Gasteiger partial charge in [-0.2, -0.15) is 0 Å². The Labute approximate surface area is 211 Å². The predicted octanol–water partition coefficient (Wildman–Crippen LogP) is 3.47. The Morgan fingerprint density at radius 3 is 2.16 bits per heavy atom. The van der Waals surface area contributed by atoms with E-state index in [1.54, 1.807) is 67.7 Å². The number of fused-ring (bicyclic) bond motifs is 3. The second kappa shape index (κ2) is 8.30. The molecule has 0 saturated heterocycles. The van der Waals surface area contributed by atoms with Crippen LogP contribution in [0.3, 0.4) is 0 Å². The van der Waals surface area contributed by atoms with Crippen molar-refractivity contribution in [2.75, 3.05) is 5.32 Å². The molecule has 2 aliphatic rings. The quantitative estimate of drug-likeness (QED) is 0.348. The van der Waals surface area contributed by atoms with Gasteiger partial charge in [0.15, 0.2) is 5.78 Å². The third kappa shape index (κ3) is 3.37. The van der Waals surface area contributed by atoms with Crippen LogP contribution in [0.15, 0.2) is 94.0 Å². The predicted molar refractivity (Wildman–Crippen MR) is 138 cm³/mol. The van der Waals surface area contributed by atoms with Crippen LogP contribution < -0.4 is 21.3 Å². The molecule has 1 aromatic heterocycles. The molecule has 0 spiro atoms. The van der Waals surface area contributed by atoms with Gasteiger partial charge in [-0.25, -0.2) is 9.59 Å². The van der Waals surface area contributed by atoms with Gasteiger partial charge in [0.1, 0.15) is 11.6 Å². The van der Waals surface area contributed by atoms with E-state index < -0.39 is 23.1 Å². The molecule has 3 aromatic carbocycles. The minimum absolute atomic E-state index is 0.177. The summed E-state index contributed by atoms with van der Waals surface area (Å²) in [6, 6.07) is 22.6. The van der Waals surface area contributed by atoms with E-state index in [0.717, 1.165) is 10.1 Å². The molecule has 4 aromatic rings. The number of allylic oxidation sites excluding steroid dienone is 1. The van der Waals surface area contributed by atoms with Crippen LogP contribution in [0.5, 0.6) is 5.75 Å². The number of hydrogen-bond donors (Lipinski definition) is 1. The first-order valence-corrected chi connectivity index (χ1v) is 11.7. The summed E-state index contributed by atoms with van der Waals surface area (Å²) in [4.78, 5) is 52.2. The molecule has 2 heterocycles. The van der Waals surface area contributed by atoms with Gasteiger partial charge >= 0.3 is 11.7 Å². The summed E-state index contributed by atoms with van der Waals surface area (Å²) < 4.78 is 7.93. The van der Waals surface area contributed by atoms with Crippen LogP contribution in [-0.4, -0.2) is 20.9 Å². The lowest BCUT2D eigenvalue weighted by molar-refractivity contribution is 0.0734. The van der Waals surface area contributed by atoms with Crippen molar-refractivity contribution in [2.45, 2.75) is 5.92 Å². The fourth-order valence-corrected chi connectivity index (χ4v) is 5.06. The lowest BCUT2D eigenvalue weighted by Gasteiger charge is -2.29. The highest BCUT2D eigenvalue weighted by Crippen LogP contribution is 2.47. The molecule has 1 aliphatic carbocycles. The zero-order valence-electron chi connectivity index (χ0n) is 20.0. The largest absolute Gasteiger partial charge is 0.423 e. The molecule has 0 saturated carbocycles. The number of esters is 1. The summed E-state index contributed by atoms with van der Waals surface area (Å²) >= 11 is 0. The third-order valence-corrected chi connectivity index (χ3v) is 6.91. The van der Waals surface area contributed by atoms with Crippen molar-refractivity contribution in [1.82, 2.24) is 9.13 Å². The van der Waals surface area contributed by atoms with E-state index in [4.69, 9.17) is 4.74 Å². The lowest BCUT2D eigenvalue weighted by Crippen LogP contribution is -2.42. The molecule has 0 amide bonds.